The van der Waals surface area contributed by atoms with Crippen LogP contribution in [0.5, 0.6) is 0 Å². The number of furan rings is 2. The first-order chi connectivity index (χ1) is 21.1. The van der Waals surface area contributed by atoms with Crippen molar-refractivity contribution >= 4 is 83.6 Å². The summed E-state index contributed by atoms with van der Waals surface area (Å²) in [4.78, 5) is 2.23. The van der Waals surface area contributed by atoms with E-state index in [1.165, 1.54) is 5.56 Å². The van der Waals surface area contributed by atoms with E-state index in [2.05, 4.69) is 109 Å². The van der Waals surface area contributed by atoms with Crippen LogP contribution in [0.1, 0.15) is 37.7 Å². The van der Waals surface area contributed by atoms with E-state index in [9.17, 15) is 0 Å². The number of hydrogen-bond acceptors (Lipinski definition) is 3. The van der Waals surface area contributed by atoms with Gasteiger partial charge in [-0.1, -0.05) is 116 Å². The quantitative estimate of drug-likeness (QED) is 0.184. The van der Waals surface area contributed by atoms with E-state index in [4.69, 9.17) is 20.4 Å². The van der Waals surface area contributed by atoms with Crippen molar-refractivity contribution in [3.8, 4) is 11.1 Å². The third-order valence-electron chi connectivity index (χ3n) is 8.24. The van der Waals surface area contributed by atoms with Gasteiger partial charge in [0.05, 0.1) is 11.4 Å². The summed E-state index contributed by atoms with van der Waals surface area (Å²) in [5.41, 5.74) is 9.45. The standard InChI is InChI=1S/C39H31BrClNO2/c1-6-29-23(2)43-38-33(22-35-36(37(29)38)30-14-10-11-15-34(30)44-35)42(28-20-26(40)19-27(41)21-28)32-17-16-25(39(3,4)5)18-31(32)24-12-8-7-9-13-24/h6-22H,1H2,2-5H3. The summed E-state index contributed by atoms with van der Waals surface area (Å²) in [7, 11) is 0. The van der Waals surface area contributed by atoms with Crippen LogP contribution in [0.4, 0.5) is 17.1 Å². The molecule has 2 aromatic heterocycles. The molecule has 0 unspecified atom stereocenters. The number of halogens is 2. The lowest BCUT2D eigenvalue weighted by Gasteiger charge is -2.30. The highest BCUT2D eigenvalue weighted by Gasteiger charge is 2.28. The minimum atomic E-state index is -0.0383. The fourth-order valence-electron chi connectivity index (χ4n) is 6.13. The average Bonchev–Trinajstić information content (AvgIpc) is 3.53. The second-order valence-electron chi connectivity index (χ2n) is 12.2. The summed E-state index contributed by atoms with van der Waals surface area (Å²) in [6.45, 7) is 12.9. The molecule has 218 valence electrons. The summed E-state index contributed by atoms with van der Waals surface area (Å²) in [5.74, 6) is 0.799. The van der Waals surface area contributed by atoms with Gasteiger partial charge in [0.2, 0.25) is 0 Å². The lowest BCUT2D eigenvalue weighted by Crippen LogP contribution is -2.15. The Balaban J connectivity index is 1.64. The lowest BCUT2D eigenvalue weighted by molar-refractivity contribution is 0.577. The molecule has 0 N–H and O–H groups in total. The Kier molecular flexibility index (Phi) is 6.95. The molecule has 0 atom stereocenters. The van der Waals surface area contributed by atoms with E-state index in [1.807, 2.05) is 49.4 Å². The Morgan fingerprint density at radius 3 is 2.27 bits per heavy atom. The molecule has 0 spiro atoms. The SMILES string of the molecule is C=Cc1c(C)oc2c(N(c3cc(Cl)cc(Br)c3)c3ccc(C(C)(C)C)cc3-c3ccccc3)cc3oc4ccccc4c3c12. The second kappa shape index (κ2) is 10.7. The van der Waals surface area contributed by atoms with Crippen molar-refractivity contribution < 1.29 is 8.83 Å². The molecule has 0 aliphatic rings. The Labute approximate surface area is 270 Å². The maximum Gasteiger partial charge on any atom is 0.159 e. The highest BCUT2D eigenvalue weighted by atomic mass is 79.9. The molecule has 7 rings (SSSR count). The Hall–Kier alpha value is -4.25. The highest BCUT2D eigenvalue weighted by molar-refractivity contribution is 9.10. The van der Waals surface area contributed by atoms with E-state index in [-0.39, 0.29) is 5.41 Å². The molecule has 0 radical (unpaired) electrons. The van der Waals surface area contributed by atoms with Crippen LogP contribution in [-0.4, -0.2) is 0 Å². The minimum Gasteiger partial charge on any atom is -0.458 e. The number of fused-ring (bicyclic) bond motifs is 5. The van der Waals surface area contributed by atoms with E-state index < -0.39 is 0 Å². The predicted octanol–water partition coefficient (Wildman–Crippen LogP) is 13.1. The third-order valence-corrected chi connectivity index (χ3v) is 8.92. The van der Waals surface area contributed by atoms with Gasteiger partial charge < -0.3 is 13.7 Å². The van der Waals surface area contributed by atoms with Gasteiger partial charge in [-0.2, -0.15) is 0 Å². The lowest BCUT2D eigenvalue weighted by atomic mass is 9.84. The largest absolute Gasteiger partial charge is 0.458 e. The summed E-state index contributed by atoms with van der Waals surface area (Å²) in [6.07, 6.45) is 1.87. The Morgan fingerprint density at radius 1 is 0.795 bits per heavy atom. The minimum absolute atomic E-state index is 0.0383. The van der Waals surface area contributed by atoms with Gasteiger partial charge in [0.15, 0.2) is 5.58 Å². The predicted molar refractivity (Wildman–Crippen MR) is 190 cm³/mol. The van der Waals surface area contributed by atoms with E-state index >= 15 is 0 Å². The van der Waals surface area contributed by atoms with Crippen LogP contribution in [0.15, 0.2) is 117 Å². The molecule has 0 fully saturated rings. The summed E-state index contributed by atoms with van der Waals surface area (Å²) in [5, 5.41) is 3.66. The van der Waals surface area contributed by atoms with Gasteiger partial charge in [0.1, 0.15) is 16.9 Å². The maximum atomic E-state index is 6.72. The number of aryl methyl sites for hydroxylation is 1. The van der Waals surface area contributed by atoms with Crippen molar-refractivity contribution in [3.05, 3.63) is 130 Å². The number of hydrogen-bond donors (Lipinski definition) is 0. The molecule has 0 aliphatic heterocycles. The van der Waals surface area contributed by atoms with Crippen molar-refractivity contribution in [1.29, 1.82) is 0 Å². The van der Waals surface area contributed by atoms with Crippen LogP contribution < -0.4 is 4.90 Å². The van der Waals surface area contributed by atoms with Gasteiger partial charge in [-0.15, -0.1) is 0 Å². The van der Waals surface area contributed by atoms with Crippen molar-refractivity contribution in [2.75, 3.05) is 4.90 Å². The molecule has 0 amide bonds. The molecule has 3 nitrogen and oxygen atoms in total. The van der Waals surface area contributed by atoms with Crippen molar-refractivity contribution in [2.45, 2.75) is 33.1 Å². The molecule has 44 heavy (non-hydrogen) atoms. The summed E-state index contributed by atoms with van der Waals surface area (Å²) in [6, 6.07) is 33.4. The smallest absolute Gasteiger partial charge is 0.159 e. The Morgan fingerprint density at radius 2 is 1.55 bits per heavy atom. The van der Waals surface area contributed by atoms with Gasteiger partial charge in [0, 0.05) is 48.5 Å². The first kappa shape index (κ1) is 28.5. The normalized spacial score (nSPS) is 12.0. The zero-order valence-electron chi connectivity index (χ0n) is 25.0. The first-order valence-corrected chi connectivity index (χ1v) is 15.8. The molecule has 5 heteroatoms. The number of para-hydroxylation sites is 1. The monoisotopic (exact) mass is 659 g/mol. The number of nitrogens with zero attached hydrogens (tertiary/aromatic N) is 1. The third kappa shape index (κ3) is 4.74. The van der Waals surface area contributed by atoms with E-state index in [1.54, 1.807) is 0 Å². The van der Waals surface area contributed by atoms with Crippen LogP contribution in [0.25, 0.3) is 50.1 Å². The molecule has 7 aromatic rings. The number of rotatable bonds is 5. The summed E-state index contributed by atoms with van der Waals surface area (Å²) >= 11 is 10.4. The first-order valence-electron chi connectivity index (χ1n) is 14.6. The molecule has 0 aliphatic carbocycles. The van der Waals surface area contributed by atoms with Gasteiger partial charge in [-0.25, -0.2) is 0 Å². The van der Waals surface area contributed by atoms with Crippen LogP contribution >= 0.6 is 27.5 Å². The number of benzene rings is 5. The fraction of sp³-hybridized carbons (Fsp3) is 0.128. The zero-order chi connectivity index (χ0) is 30.7. The maximum absolute atomic E-state index is 6.72. The van der Waals surface area contributed by atoms with Crippen LogP contribution in [0, 0.1) is 6.92 Å². The summed E-state index contributed by atoms with van der Waals surface area (Å²) < 4.78 is 14.1. The van der Waals surface area contributed by atoms with Gasteiger partial charge in [-0.05, 0) is 59.9 Å². The molecule has 0 saturated carbocycles. The zero-order valence-corrected chi connectivity index (χ0v) is 27.4. The van der Waals surface area contributed by atoms with Crippen LogP contribution in [-0.2, 0) is 5.41 Å². The molecule has 0 bridgehead atoms. The van der Waals surface area contributed by atoms with Crippen molar-refractivity contribution in [3.63, 3.8) is 0 Å². The van der Waals surface area contributed by atoms with Gasteiger partial charge >= 0.3 is 0 Å². The topological polar surface area (TPSA) is 29.5 Å². The fourth-order valence-corrected chi connectivity index (χ4v) is 6.98. The Bertz CT molecular complexity index is 2200. The molecular weight excluding hydrogens is 630 g/mol. The van der Waals surface area contributed by atoms with E-state index in [0.29, 0.717) is 5.02 Å². The number of anilines is 3. The van der Waals surface area contributed by atoms with Crippen LogP contribution in [0.3, 0.4) is 0 Å². The highest BCUT2D eigenvalue weighted by Crippen LogP contribution is 2.50. The van der Waals surface area contributed by atoms with Crippen molar-refractivity contribution in [2.24, 2.45) is 0 Å². The molecule has 0 saturated heterocycles. The second-order valence-corrected chi connectivity index (χ2v) is 13.5. The van der Waals surface area contributed by atoms with Gasteiger partial charge in [-0.3, -0.25) is 0 Å². The van der Waals surface area contributed by atoms with Crippen molar-refractivity contribution in [1.82, 2.24) is 0 Å². The average molecular weight is 661 g/mol. The molecule has 5 aromatic carbocycles. The van der Waals surface area contributed by atoms with Crippen LogP contribution in [0.2, 0.25) is 5.02 Å². The molecular formula is C39H31BrClNO2. The van der Waals surface area contributed by atoms with Gasteiger partial charge in [0.25, 0.3) is 0 Å². The molecule has 2 heterocycles. The van der Waals surface area contributed by atoms with E-state index in [0.717, 1.165) is 76.9 Å².